The lowest BCUT2D eigenvalue weighted by molar-refractivity contribution is -0.144. The van der Waals surface area contributed by atoms with Gasteiger partial charge in [0.05, 0.1) is 13.2 Å². The molecule has 0 heterocycles. The normalized spacial score (nSPS) is 16.1. The van der Waals surface area contributed by atoms with E-state index in [1.54, 1.807) is 0 Å². The van der Waals surface area contributed by atoms with Crippen LogP contribution >= 0.6 is 0 Å². The van der Waals surface area contributed by atoms with Gasteiger partial charge < -0.3 is 19.5 Å². The van der Waals surface area contributed by atoms with E-state index in [4.69, 9.17) is 14.2 Å². The van der Waals surface area contributed by atoms with Crippen LogP contribution in [-0.4, -0.2) is 37.4 Å². The number of benzene rings is 1. The first-order chi connectivity index (χ1) is 13.3. The highest BCUT2D eigenvalue weighted by Gasteiger charge is 2.22. The molecule has 6 nitrogen and oxygen atoms in total. The molecule has 0 spiro atoms. The van der Waals surface area contributed by atoms with Crippen molar-refractivity contribution in [3.8, 4) is 5.75 Å². The van der Waals surface area contributed by atoms with Gasteiger partial charge in [0.15, 0.2) is 0 Å². The van der Waals surface area contributed by atoms with Crippen LogP contribution in [0, 0.1) is 5.92 Å². The Morgan fingerprint density at radius 1 is 1.21 bits per heavy atom. The third-order valence-electron chi connectivity index (χ3n) is 4.53. The molecule has 1 amide bonds. The standard InChI is InChI=1S/C22H33NO5/c1-5-26-20(24)14-16-7-8-18-15-19(10-9-17(18)13-16)27-12-6-11-23-21(25)28-22(2,3)4/h9-10,15-16H,5-8,11-14H2,1-4H3,(H,23,25). The van der Waals surface area contributed by atoms with Gasteiger partial charge in [-0.25, -0.2) is 4.79 Å². The molecule has 1 aromatic carbocycles. The van der Waals surface area contributed by atoms with Gasteiger partial charge in [-0.1, -0.05) is 6.07 Å². The minimum absolute atomic E-state index is 0.101. The SMILES string of the molecule is CCOC(=O)CC1CCc2cc(OCCCNC(=O)OC(C)(C)C)ccc2C1. The second-order valence-electron chi connectivity index (χ2n) is 8.18. The van der Waals surface area contributed by atoms with E-state index in [9.17, 15) is 9.59 Å². The summed E-state index contributed by atoms with van der Waals surface area (Å²) in [5.41, 5.74) is 2.10. The molecule has 0 aromatic heterocycles. The molecule has 6 heteroatoms. The second kappa shape index (κ2) is 10.3. The highest BCUT2D eigenvalue weighted by Crippen LogP contribution is 2.30. The fraction of sp³-hybridized carbons (Fsp3) is 0.636. The fourth-order valence-corrected chi connectivity index (χ4v) is 3.29. The lowest BCUT2D eigenvalue weighted by Crippen LogP contribution is -2.33. The largest absolute Gasteiger partial charge is 0.494 e. The Morgan fingerprint density at radius 3 is 2.71 bits per heavy atom. The zero-order chi connectivity index (χ0) is 20.6. The molecular formula is C22H33NO5. The van der Waals surface area contributed by atoms with Gasteiger partial charge in [0.25, 0.3) is 0 Å². The average molecular weight is 392 g/mol. The summed E-state index contributed by atoms with van der Waals surface area (Å²) in [6, 6.07) is 6.17. The first-order valence-corrected chi connectivity index (χ1v) is 10.1. The minimum Gasteiger partial charge on any atom is -0.494 e. The van der Waals surface area contributed by atoms with Gasteiger partial charge in [-0.05, 0) is 82.6 Å². The summed E-state index contributed by atoms with van der Waals surface area (Å²) in [5.74, 6) is 1.10. The number of amides is 1. The van der Waals surface area contributed by atoms with E-state index in [1.165, 1.54) is 11.1 Å². The van der Waals surface area contributed by atoms with Gasteiger partial charge in [-0.2, -0.15) is 0 Å². The topological polar surface area (TPSA) is 73.9 Å². The number of hydrogen-bond acceptors (Lipinski definition) is 5. The Bertz CT molecular complexity index is 665. The van der Waals surface area contributed by atoms with Gasteiger partial charge in [0.2, 0.25) is 0 Å². The number of rotatable bonds is 8. The van der Waals surface area contributed by atoms with Crippen molar-refractivity contribution in [3.05, 3.63) is 29.3 Å². The number of fused-ring (bicyclic) bond motifs is 1. The quantitative estimate of drug-likeness (QED) is 0.535. The summed E-state index contributed by atoms with van der Waals surface area (Å²) in [4.78, 5) is 23.3. The number of hydrogen-bond donors (Lipinski definition) is 1. The van der Waals surface area contributed by atoms with E-state index < -0.39 is 11.7 Å². The van der Waals surface area contributed by atoms with Crippen LogP contribution < -0.4 is 10.1 Å². The van der Waals surface area contributed by atoms with Crippen LogP contribution in [0.3, 0.4) is 0 Å². The summed E-state index contributed by atoms with van der Waals surface area (Å²) in [6.45, 7) is 8.83. The first-order valence-electron chi connectivity index (χ1n) is 10.1. The van der Waals surface area contributed by atoms with Crippen LogP contribution in [-0.2, 0) is 27.1 Å². The Balaban J connectivity index is 1.71. The maximum Gasteiger partial charge on any atom is 0.407 e. The monoisotopic (exact) mass is 391 g/mol. The maximum absolute atomic E-state index is 11.7. The predicted molar refractivity (Wildman–Crippen MR) is 108 cm³/mol. The molecule has 1 N–H and O–H groups in total. The molecular weight excluding hydrogens is 358 g/mol. The van der Waals surface area contributed by atoms with Crippen molar-refractivity contribution < 1.29 is 23.8 Å². The lowest BCUT2D eigenvalue weighted by atomic mass is 9.82. The summed E-state index contributed by atoms with van der Waals surface area (Å²) in [6.07, 6.45) is 3.66. The molecule has 1 aromatic rings. The van der Waals surface area contributed by atoms with E-state index in [2.05, 4.69) is 17.4 Å². The summed E-state index contributed by atoms with van der Waals surface area (Å²) in [5, 5.41) is 2.73. The minimum atomic E-state index is -0.487. The van der Waals surface area contributed by atoms with Gasteiger partial charge in [-0.15, -0.1) is 0 Å². The fourth-order valence-electron chi connectivity index (χ4n) is 3.29. The van der Waals surface area contributed by atoms with Crippen molar-refractivity contribution in [2.24, 2.45) is 5.92 Å². The van der Waals surface area contributed by atoms with Gasteiger partial charge in [-0.3, -0.25) is 4.79 Å². The molecule has 2 rings (SSSR count). The second-order valence-corrected chi connectivity index (χ2v) is 8.18. The lowest BCUT2D eigenvalue weighted by Gasteiger charge is -2.24. The molecule has 156 valence electrons. The van der Waals surface area contributed by atoms with E-state index in [-0.39, 0.29) is 5.97 Å². The smallest absolute Gasteiger partial charge is 0.407 e. The number of nitrogens with one attached hydrogen (secondary N) is 1. The Hall–Kier alpha value is -2.24. The number of aryl methyl sites for hydroxylation is 1. The van der Waals surface area contributed by atoms with Crippen LogP contribution in [0.5, 0.6) is 5.75 Å². The van der Waals surface area contributed by atoms with Crippen LogP contribution in [0.4, 0.5) is 4.79 Å². The highest BCUT2D eigenvalue weighted by atomic mass is 16.6. The number of carbonyl (C=O) groups is 2. The molecule has 1 atom stereocenters. The summed E-state index contributed by atoms with van der Waals surface area (Å²) >= 11 is 0. The molecule has 1 aliphatic carbocycles. The van der Waals surface area contributed by atoms with E-state index in [1.807, 2.05) is 33.8 Å². The molecule has 28 heavy (non-hydrogen) atoms. The van der Waals surface area contributed by atoms with Gasteiger partial charge >= 0.3 is 12.1 Å². The number of carbonyl (C=O) groups excluding carboxylic acids is 2. The van der Waals surface area contributed by atoms with Crippen molar-refractivity contribution >= 4 is 12.1 Å². The third-order valence-corrected chi connectivity index (χ3v) is 4.53. The zero-order valence-electron chi connectivity index (χ0n) is 17.5. The van der Waals surface area contributed by atoms with Gasteiger partial charge in [0.1, 0.15) is 11.4 Å². The van der Waals surface area contributed by atoms with E-state index >= 15 is 0 Å². The molecule has 0 aliphatic heterocycles. The van der Waals surface area contributed by atoms with E-state index in [0.29, 0.717) is 38.5 Å². The number of ether oxygens (including phenoxy) is 3. The van der Waals surface area contributed by atoms with Crippen molar-refractivity contribution in [1.29, 1.82) is 0 Å². The van der Waals surface area contributed by atoms with Crippen molar-refractivity contribution in [1.82, 2.24) is 5.32 Å². The molecule has 1 unspecified atom stereocenters. The Kier molecular flexibility index (Phi) is 8.15. The van der Waals surface area contributed by atoms with Crippen molar-refractivity contribution in [3.63, 3.8) is 0 Å². The van der Waals surface area contributed by atoms with Crippen LogP contribution in [0.1, 0.15) is 58.1 Å². The predicted octanol–water partition coefficient (Wildman–Crippen LogP) is 4.04. The molecule has 0 saturated heterocycles. The maximum atomic E-state index is 11.7. The van der Waals surface area contributed by atoms with Crippen LogP contribution in [0.15, 0.2) is 18.2 Å². The molecule has 0 saturated carbocycles. The number of esters is 1. The molecule has 1 aliphatic rings. The van der Waals surface area contributed by atoms with Crippen molar-refractivity contribution in [2.75, 3.05) is 19.8 Å². The molecule has 0 fully saturated rings. The average Bonchev–Trinajstić information content (AvgIpc) is 2.60. The first kappa shape index (κ1) is 22.1. The Morgan fingerprint density at radius 2 is 2.00 bits per heavy atom. The Labute approximate surface area is 167 Å². The number of alkyl carbamates (subject to hydrolysis) is 1. The van der Waals surface area contributed by atoms with Crippen molar-refractivity contribution in [2.45, 2.75) is 65.4 Å². The molecule has 0 radical (unpaired) electrons. The van der Waals surface area contributed by atoms with Crippen LogP contribution in [0.2, 0.25) is 0 Å². The van der Waals surface area contributed by atoms with E-state index in [0.717, 1.165) is 25.0 Å². The summed E-state index contributed by atoms with van der Waals surface area (Å²) in [7, 11) is 0. The third kappa shape index (κ3) is 7.79. The molecule has 0 bridgehead atoms. The zero-order valence-corrected chi connectivity index (χ0v) is 17.5. The van der Waals surface area contributed by atoms with Gasteiger partial charge in [0, 0.05) is 13.0 Å². The summed E-state index contributed by atoms with van der Waals surface area (Å²) < 4.78 is 16.1. The highest BCUT2D eigenvalue weighted by molar-refractivity contribution is 5.69. The van der Waals surface area contributed by atoms with Crippen LogP contribution in [0.25, 0.3) is 0 Å².